The van der Waals surface area contributed by atoms with Gasteiger partial charge in [-0.3, -0.25) is 4.90 Å². The smallest absolute Gasteiger partial charge is 0.412 e. The molecule has 0 bridgehead atoms. The molecule has 120 valence electrons. The number of benzene rings is 1. The van der Waals surface area contributed by atoms with Gasteiger partial charge in [0.15, 0.2) is 0 Å². The number of fused-ring (bicyclic) bond motifs is 1. The summed E-state index contributed by atoms with van der Waals surface area (Å²) in [4.78, 5) is 13.4. The molecule has 1 aromatic rings. The summed E-state index contributed by atoms with van der Waals surface area (Å²) in [6.07, 6.45) is -0.985. The van der Waals surface area contributed by atoms with Gasteiger partial charge in [0.05, 0.1) is 0 Å². The van der Waals surface area contributed by atoms with Gasteiger partial charge in [-0.05, 0) is 44.9 Å². The Morgan fingerprint density at radius 3 is 2.45 bits per heavy atom. The van der Waals surface area contributed by atoms with Gasteiger partial charge in [-0.25, -0.2) is 13.6 Å². The van der Waals surface area contributed by atoms with Crippen molar-refractivity contribution in [2.24, 2.45) is 5.92 Å². The molecule has 4 nitrogen and oxygen atoms in total. The zero-order chi connectivity index (χ0) is 16.3. The lowest BCUT2D eigenvalue weighted by molar-refractivity contribution is -0.0234. The minimum Gasteiger partial charge on any atom is -0.444 e. The molecule has 1 saturated heterocycles. The summed E-state index contributed by atoms with van der Waals surface area (Å²) < 4.78 is 32.1. The number of amides is 1. The number of aliphatic hydroxyl groups is 1. The van der Waals surface area contributed by atoms with Gasteiger partial charge in [-0.1, -0.05) is 0 Å². The van der Waals surface area contributed by atoms with E-state index in [1.54, 1.807) is 20.8 Å². The fourth-order valence-electron chi connectivity index (χ4n) is 3.28. The van der Waals surface area contributed by atoms with Crippen LogP contribution in [0.4, 0.5) is 13.6 Å². The molecule has 0 aromatic heterocycles. The van der Waals surface area contributed by atoms with Crippen LogP contribution in [0.2, 0.25) is 0 Å². The third-order valence-corrected chi connectivity index (χ3v) is 4.33. The van der Waals surface area contributed by atoms with E-state index in [4.69, 9.17) is 4.74 Å². The zero-order valence-corrected chi connectivity index (χ0v) is 12.8. The van der Waals surface area contributed by atoms with Crippen LogP contribution in [0.1, 0.15) is 32.8 Å². The summed E-state index contributed by atoms with van der Waals surface area (Å²) in [5.41, 5.74) is -0.749. The number of nitrogens with zero attached hydrogens (tertiary/aromatic N) is 1. The molecule has 1 aromatic carbocycles. The molecule has 1 amide bonds. The Bertz CT molecular complexity index is 608. The van der Waals surface area contributed by atoms with Gasteiger partial charge in [0.1, 0.15) is 23.5 Å². The number of aliphatic hydroxyl groups excluding tert-OH is 1. The normalized spacial score (nSPS) is 30.2. The number of halogens is 2. The predicted octanol–water partition coefficient (Wildman–Crippen LogP) is 2.79. The van der Waals surface area contributed by atoms with Crippen molar-refractivity contribution in [1.82, 2.24) is 4.90 Å². The second kappa shape index (κ2) is 4.65. The highest BCUT2D eigenvalue weighted by molar-refractivity contribution is 5.70. The van der Waals surface area contributed by atoms with Crippen LogP contribution in [0.25, 0.3) is 0 Å². The molecule has 1 aliphatic carbocycles. The molecule has 1 saturated carbocycles. The molecule has 3 unspecified atom stereocenters. The van der Waals surface area contributed by atoms with E-state index in [0.717, 1.165) is 6.07 Å². The average Bonchev–Trinajstić information content (AvgIpc) is 3.01. The number of carbonyl (C=O) groups is 1. The SMILES string of the molecule is CC(C)(C)OC(=O)N1CC2(c3cc(F)cc(F)c3)CC2C1O. The number of hydrogen-bond donors (Lipinski definition) is 1. The molecule has 2 aliphatic rings. The maximum absolute atomic E-state index is 13.4. The topological polar surface area (TPSA) is 49.8 Å². The van der Waals surface area contributed by atoms with Gasteiger partial charge < -0.3 is 9.84 Å². The molecule has 3 rings (SSSR count). The first-order valence-electron chi connectivity index (χ1n) is 7.27. The van der Waals surface area contributed by atoms with Crippen molar-refractivity contribution in [2.45, 2.75) is 44.4 Å². The van der Waals surface area contributed by atoms with E-state index in [1.807, 2.05) is 0 Å². The summed E-state index contributed by atoms with van der Waals surface area (Å²) in [7, 11) is 0. The van der Waals surface area contributed by atoms with Crippen LogP contribution in [0.5, 0.6) is 0 Å². The molecule has 6 heteroatoms. The number of rotatable bonds is 1. The molecule has 0 spiro atoms. The zero-order valence-electron chi connectivity index (χ0n) is 12.8. The first kappa shape index (κ1) is 15.2. The van der Waals surface area contributed by atoms with E-state index in [0.29, 0.717) is 12.0 Å². The van der Waals surface area contributed by atoms with Crippen molar-refractivity contribution in [1.29, 1.82) is 0 Å². The van der Waals surface area contributed by atoms with Crippen LogP contribution in [-0.4, -0.2) is 34.5 Å². The third kappa shape index (κ3) is 2.45. The van der Waals surface area contributed by atoms with E-state index in [9.17, 15) is 18.7 Å². The first-order chi connectivity index (χ1) is 10.1. The largest absolute Gasteiger partial charge is 0.444 e. The van der Waals surface area contributed by atoms with Crippen molar-refractivity contribution < 1.29 is 23.4 Å². The van der Waals surface area contributed by atoms with E-state index in [1.165, 1.54) is 17.0 Å². The van der Waals surface area contributed by atoms with Crippen LogP contribution in [-0.2, 0) is 10.2 Å². The number of piperidine rings is 1. The molecule has 22 heavy (non-hydrogen) atoms. The Balaban J connectivity index is 1.83. The van der Waals surface area contributed by atoms with Crippen LogP contribution < -0.4 is 0 Å². The summed E-state index contributed by atoms with van der Waals surface area (Å²) in [6.45, 7) is 5.43. The Labute approximate surface area is 127 Å². The van der Waals surface area contributed by atoms with Crippen molar-refractivity contribution in [3.8, 4) is 0 Å². The number of ether oxygens (including phenoxy) is 1. The van der Waals surface area contributed by atoms with E-state index in [2.05, 4.69) is 0 Å². The van der Waals surface area contributed by atoms with Gasteiger partial charge in [0.25, 0.3) is 0 Å². The highest BCUT2D eigenvalue weighted by atomic mass is 19.1. The lowest BCUT2D eigenvalue weighted by Gasteiger charge is -2.28. The number of likely N-dealkylation sites (tertiary alicyclic amines) is 1. The van der Waals surface area contributed by atoms with Crippen LogP contribution in [0, 0.1) is 17.6 Å². The van der Waals surface area contributed by atoms with Gasteiger partial charge in [-0.2, -0.15) is 0 Å². The van der Waals surface area contributed by atoms with Crippen LogP contribution in [0.3, 0.4) is 0 Å². The molecule has 1 N–H and O–H groups in total. The highest BCUT2D eigenvalue weighted by Crippen LogP contribution is 2.61. The monoisotopic (exact) mass is 311 g/mol. The van der Waals surface area contributed by atoms with Crippen molar-refractivity contribution >= 4 is 6.09 Å². The quantitative estimate of drug-likeness (QED) is 0.867. The Morgan fingerprint density at radius 1 is 1.32 bits per heavy atom. The lowest BCUT2D eigenvalue weighted by Crippen LogP contribution is -2.42. The van der Waals surface area contributed by atoms with E-state index >= 15 is 0 Å². The third-order valence-electron chi connectivity index (χ3n) is 4.33. The van der Waals surface area contributed by atoms with Crippen LogP contribution in [0.15, 0.2) is 18.2 Å². The predicted molar refractivity (Wildman–Crippen MR) is 75.1 cm³/mol. The fraction of sp³-hybridized carbons (Fsp3) is 0.562. The molecule has 1 aliphatic heterocycles. The van der Waals surface area contributed by atoms with Gasteiger partial charge >= 0.3 is 6.09 Å². The number of carbonyl (C=O) groups excluding carboxylic acids is 1. The molecule has 2 fully saturated rings. The summed E-state index contributed by atoms with van der Waals surface area (Å²) >= 11 is 0. The second-order valence-corrected chi connectivity index (χ2v) is 7.15. The first-order valence-corrected chi connectivity index (χ1v) is 7.27. The number of hydrogen-bond acceptors (Lipinski definition) is 3. The standard InChI is InChI=1S/C16H19F2NO3/c1-15(2,3)22-14(21)19-8-16(7-12(16)13(19)20)9-4-10(17)6-11(18)5-9/h4-6,12-13,20H,7-8H2,1-3H3. The molecule has 1 heterocycles. The molecular weight excluding hydrogens is 292 g/mol. The van der Waals surface area contributed by atoms with E-state index < -0.39 is 35.0 Å². The lowest BCUT2D eigenvalue weighted by atomic mass is 9.94. The summed E-state index contributed by atoms with van der Waals surface area (Å²) in [5, 5.41) is 10.3. The van der Waals surface area contributed by atoms with Gasteiger partial charge in [-0.15, -0.1) is 0 Å². The summed E-state index contributed by atoms with van der Waals surface area (Å²) in [6, 6.07) is 3.36. The molecule has 3 atom stereocenters. The second-order valence-electron chi connectivity index (χ2n) is 7.15. The maximum atomic E-state index is 13.4. The Hall–Kier alpha value is -1.69. The van der Waals surface area contributed by atoms with Crippen molar-refractivity contribution in [3.63, 3.8) is 0 Å². The van der Waals surface area contributed by atoms with Gasteiger partial charge in [0, 0.05) is 23.9 Å². The highest BCUT2D eigenvalue weighted by Gasteiger charge is 2.67. The van der Waals surface area contributed by atoms with Crippen molar-refractivity contribution in [3.05, 3.63) is 35.4 Å². The van der Waals surface area contributed by atoms with Gasteiger partial charge in [0.2, 0.25) is 0 Å². The Morgan fingerprint density at radius 2 is 1.91 bits per heavy atom. The Kier molecular flexibility index (Phi) is 3.22. The summed E-state index contributed by atoms with van der Waals surface area (Å²) in [5.74, 6) is -1.51. The average molecular weight is 311 g/mol. The van der Waals surface area contributed by atoms with Crippen molar-refractivity contribution in [2.75, 3.05) is 6.54 Å². The maximum Gasteiger partial charge on any atom is 0.412 e. The molecule has 0 radical (unpaired) electrons. The minimum atomic E-state index is -0.985. The van der Waals surface area contributed by atoms with Crippen LogP contribution >= 0.6 is 0 Å². The minimum absolute atomic E-state index is 0.205. The molecular formula is C16H19F2NO3. The van der Waals surface area contributed by atoms with E-state index in [-0.39, 0.29) is 12.5 Å². The fourth-order valence-corrected chi connectivity index (χ4v) is 3.28.